The summed E-state index contributed by atoms with van der Waals surface area (Å²) in [5, 5.41) is 15.9. The van der Waals surface area contributed by atoms with Gasteiger partial charge in [0.25, 0.3) is 5.91 Å². The first-order valence-electron chi connectivity index (χ1n) is 7.03. The van der Waals surface area contributed by atoms with Crippen LogP contribution in [0, 0.1) is 0 Å². The Bertz CT molecular complexity index is 996. The Kier molecular flexibility index (Phi) is 3.83. The smallest absolute Gasteiger partial charge is 0.255 e. The molecule has 0 aliphatic carbocycles. The summed E-state index contributed by atoms with van der Waals surface area (Å²) in [6.07, 6.45) is 1.57. The summed E-state index contributed by atoms with van der Waals surface area (Å²) >= 11 is 4.83. The van der Waals surface area contributed by atoms with Crippen LogP contribution in [0.2, 0.25) is 0 Å². The van der Waals surface area contributed by atoms with Crippen LogP contribution in [0.1, 0.15) is 10.4 Å². The number of nitrogens with zero attached hydrogens (tertiary/aromatic N) is 4. The Labute approximate surface area is 149 Å². The maximum Gasteiger partial charge on any atom is 0.255 e. The SMILES string of the molecule is O=C(Nc1ccc(-c2nn3cnnc3s2)cc1)c1cccc(Br)c1. The summed E-state index contributed by atoms with van der Waals surface area (Å²) in [5.74, 6) is -0.150. The van der Waals surface area contributed by atoms with E-state index >= 15 is 0 Å². The third-order valence-corrected chi connectivity index (χ3v) is 4.82. The number of anilines is 1. The number of aromatic nitrogens is 4. The second kappa shape index (κ2) is 6.14. The van der Waals surface area contributed by atoms with Gasteiger partial charge in [0.05, 0.1) is 0 Å². The first-order chi connectivity index (χ1) is 11.7. The molecule has 0 saturated heterocycles. The molecule has 0 saturated carbocycles. The zero-order valence-corrected chi connectivity index (χ0v) is 14.6. The number of hydrogen-bond donors (Lipinski definition) is 1. The van der Waals surface area contributed by atoms with Gasteiger partial charge in [-0.15, -0.1) is 10.2 Å². The van der Waals surface area contributed by atoms with E-state index in [1.807, 2.05) is 36.4 Å². The van der Waals surface area contributed by atoms with Crippen LogP contribution in [0.25, 0.3) is 15.5 Å². The fourth-order valence-corrected chi connectivity index (χ4v) is 3.43. The lowest BCUT2D eigenvalue weighted by Gasteiger charge is -2.06. The summed E-state index contributed by atoms with van der Waals surface area (Å²) in [4.78, 5) is 13.0. The highest BCUT2D eigenvalue weighted by molar-refractivity contribution is 9.10. The van der Waals surface area contributed by atoms with Gasteiger partial charge in [-0.3, -0.25) is 4.79 Å². The molecule has 0 fully saturated rings. The lowest BCUT2D eigenvalue weighted by Crippen LogP contribution is -2.11. The highest BCUT2D eigenvalue weighted by atomic mass is 79.9. The van der Waals surface area contributed by atoms with E-state index in [0.717, 1.165) is 25.7 Å². The fourth-order valence-electron chi connectivity index (χ4n) is 2.21. The number of fused-ring (bicyclic) bond motifs is 1. The van der Waals surface area contributed by atoms with Crippen molar-refractivity contribution in [3.05, 3.63) is 64.9 Å². The van der Waals surface area contributed by atoms with Crippen molar-refractivity contribution in [3.8, 4) is 10.6 Å². The molecule has 0 unspecified atom stereocenters. The van der Waals surface area contributed by atoms with Gasteiger partial charge in [0.15, 0.2) is 0 Å². The van der Waals surface area contributed by atoms with E-state index in [2.05, 4.69) is 36.5 Å². The predicted molar refractivity (Wildman–Crippen MR) is 96.2 cm³/mol. The number of nitrogens with one attached hydrogen (secondary N) is 1. The molecule has 0 aliphatic heterocycles. The molecule has 6 nitrogen and oxygen atoms in total. The topological polar surface area (TPSA) is 72.2 Å². The van der Waals surface area contributed by atoms with Crippen molar-refractivity contribution in [2.45, 2.75) is 0 Å². The summed E-state index contributed by atoms with van der Waals surface area (Å²) in [5.41, 5.74) is 2.29. The van der Waals surface area contributed by atoms with Crippen LogP contribution in [-0.2, 0) is 0 Å². The van der Waals surface area contributed by atoms with E-state index in [-0.39, 0.29) is 5.91 Å². The van der Waals surface area contributed by atoms with E-state index in [0.29, 0.717) is 5.56 Å². The Balaban J connectivity index is 1.53. The first kappa shape index (κ1) is 15.0. The van der Waals surface area contributed by atoms with Crippen molar-refractivity contribution >= 4 is 43.8 Å². The number of benzene rings is 2. The van der Waals surface area contributed by atoms with Crippen molar-refractivity contribution in [2.24, 2.45) is 0 Å². The molecule has 0 atom stereocenters. The first-order valence-corrected chi connectivity index (χ1v) is 8.64. The molecular weight excluding hydrogens is 390 g/mol. The molecule has 1 amide bonds. The summed E-state index contributed by atoms with van der Waals surface area (Å²) in [6, 6.07) is 14.8. The van der Waals surface area contributed by atoms with E-state index in [4.69, 9.17) is 0 Å². The molecule has 1 N–H and O–H groups in total. The number of halogens is 1. The quantitative estimate of drug-likeness (QED) is 0.567. The highest BCUT2D eigenvalue weighted by Gasteiger charge is 2.09. The van der Waals surface area contributed by atoms with Gasteiger partial charge in [0, 0.05) is 21.3 Å². The van der Waals surface area contributed by atoms with Gasteiger partial charge in [-0.25, -0.2) is 0 Å². The van der Waals surface area contributed by atoms with E-state index in [9.17, 15) is 4.79 Å². The minimum Gasteiger partial charge on any atom is -0.322 e. The van der Waals surface area contributed by atoms with Crippen LogP contribution in [0.5, 0.6) is 0 Å². The van der Waals surface area contributed by atoms with Crippen LogP contribution in [0.4, 0.5) is 5.69 Å². The summed E-state index contributed by atoms with van der Waals surface area (Å²) in [7, 11) is 0. The highest BCUT2D eigenvalue weighted by Crippen LogP contribution is 2.26. The second-order valence-corrected chi connectivity index (χ2v) is 6.88. The average Bonchev–Trinajstić information content (AvgIpc) is 3.17. The molecule has 2 heterocycles. The number of carbonyl (C=O) groups is 1. The molecule has 0 bridgehead atoms. The van der Waals surface area contributed by atoms with E-state index in [1.165, 1.54) is 11.3 Å². The van der Waals surface area contributed by atoms with Crippen LogP contribution in [-0.4, -0.2) is 25.7 Å². The standard InChI is InChI=1S/C16H10BrN5OS/c17-12-3-1-2-11(8-12)14(23)19-13-6-4-10(5-7-13)15-21-22-9-18-20-16(22)24-15/h1-9H,(H,19,23). The second-order valence-electron chi connectivity index (χ2n) is 5.01. The van der Waals surface area contributed by atoms with Crippen molar-refractivity contribution in [3.63, 3.8) is 0 Å². The normalized spacial score (nSPS) is 10.9. The maximum absolute atomic E-state index is 12.2. The third kappa shape index (κ3) is 2.93. The Morgan fingerprint density at radius 2 is 2.00 bits per heavy atom. The maximum atomic E-state index is 12.2. The number of hydrogen-bond acceptors (Lipinski definition) is 5. The van der Waals surface area contributed by atoms with Crippen LogP contribution in [0.15, 0.2) is 59.3 Å². The van der Waals surface area contributed by atoms with Gasteiger partial charge < -0.3 is 5.32 Å². The van der Waals surface area contributed by atoms with Crippen molar-refractivity contribution in [2.75, 3.05) is 5.32 Å². The van der Waals surface area contributed by atoms with Gasteiger partial charge in [-0.05, 0) is 42.5 Å². The summed E-state index contributed by atoms with van der Waals surface area (Å²) < 4.78 is 2.51. The Morgan fingerprint density at radius 3 is 2.75 bits per heavy atom. The zero-order chi connectivity index (χ0) is 16.5. The van der Waals surface area contributed by atoms with Gasteiger partial charge in [-0.2, -0.15) is 9.61 Å². The van der Waals surface area contributed by atoms with Crippen molar-refractivity contribution in [1.29, 1.82) is 0 Å². The fraction of sp³-hybridized carbons (Fsp3) is 0. The van der Waals surface area contributed by atoms with Crippen molar-refractivity contribution in [1.82, 2.24) is 19.8 Å². The third-order valence-electron chi connectivity index (χ3n) is 3.36. The minimum atomic E-state index is -0.150. The van der Waals surface area contributed by atoms with E-state index in [1.54, 1.807) is 23.0 Å². The van der Waals surface area contributed by atoms with E-state index < -0.39 is 0 Å². The molecule has 24 heavy (non-hydrogen) atoms. The summed E-state index contributed by atoms with van der Waals surface area (Å²) in [6.45, 7) is 0. The van der Waals surface area contributed by atoms with Gasteiger partial charge in [-0.1, -0.05) is 33.3 Å². The molecule has 0 radical (unpaired) electrons. The Morgan fingerprint density at radius 1 is 1.17 bits per heavy atom. The monoisotopic (exact) mass is 399 g/mol. The average molecular weight is 400 g/mol. The predicted octanol–water partition coefficient (Wildman–Crippen LogP) is 3.87. The number of carbonyl (C=O) groups excluding carboxylic acids is 1. The molecule has 2 aromatic heterocycles. The molecule has 8 heteroatoms. The molecule has 118 valence electrons. The molecule has 4 aromatic rings. The lowest BCUT2D eigenvalue weighted by molar-refractivity contribution is 0.102. The molecule has 2 aromatic carbocycles. The zero-order valence-electron chi connectivity index (χ0n) is 12.2. The molecular formula is C16H10BrN5OS. The Hall–Kier alpha value is -2.58. The minimum absolute atomic E-state index is 0.150. The van der Waals surface area contributed by atoms with Gasteiger partial charge in [0.2, 0.25) is 4.96 Å². The van der Waals surface area contributed by atoms with Gasteiger partial charge >= 0.3 is 0 Å². The number of amides is 1. The van der Waals surface area contributed by atoms with Crippen LogP contribution < -0.4 is 5.32 Å². The molecule has 4 rings (SSSR count). The van der Waals surface area contributed by atoms with Crippen LogP contribution in [0.3, 0.4) is 0 Å². The largest absolute Gasteiger partial charge is 0.322 e. The molecule has 0 spiro atoms. The number of rotatable bonds is 3. The van der Waals surface area contributed by atoms with Crippen molar-refractivity contribution < 1.29 is 4.79 Å². The lowest BCUT2D eigenvalue weighted by atomic mass is 10.2. The van der Waals surface area contributed by atoms with Gasteiger partial charge in [0.1, 0.15) is 11.3 Å². The van der Waals surface area contributed by atoms with Crippen LogP contribution >= 0.6 is 27.3 Å². The molecule has 0 aliphatic rings.